The van der Waals surface area contributed by atoms with Crippen molar-refractivity contribution in [2.45, 2.75) is 52.1 Å². The molecular formula is C16H21N3O. The minimum Gasteiger partial charge on any atom is -0.340 e. The zero-order valence-electron chi connectivity index (χ0n) is 12.1. The Morgan fingerprint density at radius 1 is 1.25 bits per heavy atom. The summed E-state index contributed by atoms with van der Waals surface area (Å²) >= 11 is 0. The Kier molecular flexibility index (Phi) is 3.83. The van der Waals surface area contributed by atoms with Gasteiger partial charge in [-0.25, -0.2) is 0 Å². The fourth-order valence-corrected chi connectivity index (χ4v) is 2.80. The predicted molar refractivity (Wildman–Crippen MR) is 77.4 cm³/mol. The molecule has 0 saturated heterocycles. The fraction of sp³-hybridized carbons (Fsp3) is 0.500. The molecule has 0 saturated carbocycles. The van der Waals surface area contributed by atoms with E-state index >= 15 is 0 Å². The number of rotatable bonds is 4. The highest BCUT2D eigenvalue weighted by atomic mass is 16.5. The third-order valence-corrected chi connectivity index (χ3v) is 4.01. The lowest BCUT2D eigenvalue weighted by molar-refractivity contribution is 0.384. The van der Waals surface area contributed by atoms with E-state index in [2.05, 4.69) is 40.6 Å². The van der Waals surface area contributed by atoms with Crippen molar-refractivity contribution >= 4 is 0 Å². The molecule has 1 unspecified atom stereocenters. The van der Waals surface area contributed by atoms with E-state index in [0.29, 0.717) is 24.3 Å². The Hall–Kier alpha value is -1.68. The molecule has 0 aliphatic heterocycles. The Labute approximate surface area is 119 Å². The van der Waals surface area contributed by atoms with E-state index in [1.165, 1.54) is 42.4 Å². The molecule has 0 amide bonds. The van der Waals surface area contributed by atoms with Crippen molar-refractivity contribution in [2.75, 3.05) is 0 Å². The van der Waals surface area contributed by atoms with Crippen molar-refractivity contribution in [3.05, 3.63) is 46.6 Å². The van der Waals surface area contributed by atoms with Gasteiger partial charge in [0.05, 0.1) is 6.54 Å². The van der Waals surface area contributed by atoms with E-state index in [9.17, 15) is 0 Å². The molecule has 1 aromatic carbocycles. The van der Waals surface area contributed by atoms with Gasteiger partial charge in [-0.1, -0.05) is 23.4 Å². The molecule has 106 valence electrons. The van der Waals surface area contributed by atoms with Gasteiger partial charge in [0.2, 0.25) is 5.89 Å². The van der Waals surface area contributed by atoms with Gasteiger partial charge in [0.25, 0.3) is 0 Å². The lowest BCUT2D eigenvalue weighted by Crippen LogP contribution is -2.19. The summed E-state index contributed by atoms with van der Waals surface area (Å²) in [7, 11) is 0. The number of nitrogens with one attached hydrogen (secondary N) is 1. The lowest BCUT2D eigenvalue weighted by Gasteiger charge is -2.19. The lowest BCUT2D eigenvalue weighted by atomic mass is 9.89. The van der Waals surface area contributed by atoms with E-state index in [1.807, 2.05) is 6.92 Å². The quantitative estimate of drug-likeness (QED) is 0.928. The van der Waals surface area contributed by atoms with Crippen LogP contribution >= 0.6 is 0 Å². The second kappa shape index (κ2) is 5.75. The monoisotopic (exact) mass is 271 g/mol. The molecule has 0 spiro atoms. The van der Waals surface area contributed by atoms with Crippen LogP contribution in [0.4, 0.5) is 0 Å². The molecule has 4 nitrogen and oxygen atoms in total. The van der Waals surface area contributed by atoms with Crippen LogP contribution < -0.4 is 5.32 Å². The summed E-state index contributed by atoms with van der Waals surface area (Å²) in [6.45, 7) is 4.62. The molecule has 0 bridgehead atoms. The van der Waals surface area contributed by atoms with E-state index in [1.54, 1.807) is 0 Å². The zero-order valence-corrected chi connectivity index (χ0v) is 12.1. The van der Waals surface area contributed by atoms with Crippen molar-refractivity contribution in [3.63, 3.8) is 0 Å². The summed E-state index contributed by atoms with van der Waals surface area (Å²) in [5.74, 6) is 1.33. The van der Waals surface area contributed by atoms with E-state index in [4.69, 9.17) is 4.52 Å². The van der Waals surface area contributed by atoms with Gasteiger partial charge in [0.1, 0.15) is 0 Å². The second-order valence-electron chi connectivity index (χ2n) is 5.57. The summed E-state index contributed by atoms with van der Waals surface area (Å²) in [6, 6.07) is 7.18. The Balaban J connectivity index is 1.66. The summed E-state index contributed by atoms with van der Waals surface area (Å²) in [4.78, 5) is 4.21. The van der Waals surface area contributed by atoms with Gasteiger partial charge in [-0.05, 0) is 49.3 Å². The molecule has 4 heteroatoms. The van der Waals surface area contributed by atoms with Crippen LogP contribution in [0.15, 0.2) is 22.7 Å². The van der Waals surface area contributed by atoms with Crippen molar-refractivity contribution in [1.29, 1.82) is 0 Å². The third kappa shape index (κ3) is 2.90. The third-order valence-electron chi connectivity index (χ3n) is 4.01. The Bertz CT molecular complexity index is 591. The molecule has 2 aromatic rings. The molecule has 1 aliphatic rings. The molecule has 20 heavy (non-hydrogen) atoms. The van der Waals surface area contributed by atoms with Crippen LogP contribution in [-0.2, 0) is 19.4 Å². The number of aryl methyl sites for hydroxylation is 3. The molecule has 0 fully saturated rings. The second-order valence-corrected chi connectivity index (χ2v) is 5.57. The van der Waals surface area contributed by atoms with Crippen molar-refractivity contribution in [3.8, 4) is 0 Å². The van der Waals surface area contributed by atoms with Crippen molar-refractivity contribution in [1.82, 2.24) is 15.5 Å². The van der Waals surface area contributed by atoms with Gasteiger partial charge in [-0.15, -0.1) is 0 Å². The number of nitrogens with zero attached hydrogens (tertiary/aromatic N) is 2. The Morgan fingerprint density at radius 2 is 2.05 bits per heavy atom. The molecule has 0 radical (unpaired) electrons. The van der Waals surface area contributed by atoms with Gasteiger partial charge >= 0.3 is 0 Å². The van der Waals surface area contributed by atoms with Crippen LogP contribution in [0, 0.1) is 6.92 Å². The van der Waals surface area contributed by atoms with E-state index < -0.39 is 0 Å². The first kappa shape index (κ1) is 13.3. The maximum atomic E-state index is 4.98. The SMILES string of the molecule is Cc1nc(CNC(C)c2ccc3c(c2)CCCC3)no1. The predicted octanol–water partition coefficient (Wildman–Crippen LogP) is 3.11. The molecule has 3 rings (SSSR count). The van der Waals surface area contributed by atoms with Crippen molar-refractivity contribution in [2.24, 2.45) is 0 Å². The summed E-state index contributed by atoms with van der Waals surface area (Å²) in [6.07, 6.45) is 5.11. The van der Waals surface area contributed by atoms with Crippen LogP contribution in [0.3, 0.4) is 0 Å². The zero-order chi connectivity index (χ0) is 13.9. The first-order chi connectivity index (χ1) is 9.72. The topological polar surface area (TPSA) is 51.0 Å². The van der Waals surface area contributed by atoms with Crippen LogP contribution in [0.5, 0.6) is 0 Å². The summed E-state index contributed by atoms with van der Waals surface area (Å²) in [5, 5.41) is 7.35. The normalized spacial score (nSPS) is 15.9. The minimum atomic E-state index is 0.293. The molecule has 1 aromatic heterocycles. The highest BCUT2D eigenvalue weighted by Gasteiger charge is 2.13. The van der Waals surface area contributed by atoms with Crippen LogP contribution in [0.25, 0.3) is 0 Å². The van der Waals surface area contributed by atoms with Gasteiger partial charge < -0.3 is 9.84 Å². The van der Waals surface area contributed by atoms with Gasteiger partial charge in [-0.3, -0.25) is 0 Å². The van der Waals surface area contributed by atoms with Gasteiger partial charge in [-0.2, -0.15) is 4.98 Å². The highest BCUT2D eigenvalue weighted by Crippen LogP contribution is 2.24. The minimum absolute atomic E-state index is 0.293. The number of fused-ring (bicyclic) bond motifs is 1. The molecule has 1 N–H and O–H groups in total. The Morgan fingerprint density at radius 3 is 2.80 bits per heavy atom. The van der Waals surface area contributed by atoms with Crippen molar-refractivity contribution < 1.29 is 4.52 Å². The van der Waals surface area contributed by atoms with Gasteiger partial charge in [0, 0.05) is 13.0 Å². The number of aromatic nitrogens is 2. The summed E-state index contributed by atoms with van der Waals surface area (Å²) < 4.78 is 4.98. The maximum Gasteiger partial charge on any atom is 0.223 e. The number of hydrogen-bond acceptors (Lipinski definition) is 4. The molecule has 1 aliphatic carbocycles. The van der Waals surface area contributed by atoms with Gasteiger partial charge in [0.15, 0.2) is 5.82 Å². The number of hydrogen-bond donors (Lipinski definition) is 1. The fourth-order valence-electron chi connectivity index (χ4n) is 2.80. The average Bonchev–Trinajstić information content (AvgIpc) is 2.90. The molecular weight excluding hydrogens is 250 g/mol. The standard InChI is InChI=1S/C16H21N3O/c1-11(17-10-16-18-12(2)20-19-16)14-8-7-13-5-3-4-6-15(13)9-14/h7-9,11,17H,3-6,10H2,1-2H3. The summed E-state index contributed by atoms with van der Waals surface area (Å²) in [5.41, 5.74) is 4.39. The average molecular weight is 271 g/mol. The van der Waals surface area contributed by atoms with Crippen LogP contribution in [-0.4, -0.2) is 10.1 Å². The first-order valence-corrected chi connectivity index (χ1v) is 7.36. The first-order valence-electron chi connectivity index (χ1n) is 7.36. The highest BCUT2D eigenvalue weighted by molar-refractivity contribution is 5.35. The van der Waals surface area contributed by atoms with E-state index in [0.717, 1.165) is 0 Å². The number of benzene rings is 1. The largest absolute Gasteiger partial charge is 0.340 e. The molecule has 1 atom stereocenters. The smallest absolute Gasteiger partial charge is 0.223 e. The van der Waals surface area contributed by atoms with Crippen LogP contribution in [0.2, 0.25) is 0 Å². The maximum absolute atomic E-state index is 4.98. The molecule has 1 heterocycles. The van der Waals surface area contributed by atoms with Crippen LogP contribution in [0.1, 0.15) is 54.2 Å². The van der Waals surface area contributed by atoms with E-state index in [-0.39, 0.29) is 0 Å².